The predicted molar refractivity (Wildman–Crippen MR) is 166 cm³/mol. The number of fused-ring (bicyclic) bond motifs is 1. The van der Waals surface area contributed by atoms with Gasteiger partial charge in [-0.25, -0.2) is 13.2 Å². The Bertz CT molecular complexity index is 1700. The monoisotopic (exact) mass is 713 g/mol. The van der Waals surface area contributed by atoms with Crippen LogP contribution in [0.5, 0.6) is 0 Å². The third kappa shape index (κ3) is 7.80. The van der Waals surface area contributed by atoms with Gasteiger partial charge in [-0.1, -0.05) is 59.9 Å². The van der Waals surface area contributed by atoms with Crippen LogP contribution < -0.4 is 8.61 Å². The van der Waals surface area contributed by atoms with E-state index in [-0.39, 0.29) is 34.1 Å². The van der Waals surface area contributed by atoms with Gasteiger partial charge in [0.05, 0.1) is 16.8 Å². The van der Waals surface area contributed by atoms with Crippen molar-refractivity contribution in [3.8, 4) is 11.1 Å². The Morgan fingerprint density at radius 3 is 2.16 bits per heavy atom. The highest BCUT2D eigenvalue weighted by Gasteiger charge is 2.36. The number of hydrogen-bond acceptors (Lipinski definition) is 7. The number of benzene rings is 2. The highest BCUT2D eigenvalue weighted by Crippen LogP contribution is 2.43. The molecule has 0 N–H and O–H groups in total. The van der Waals surface area contributed by atoms with Crippen LogP contribution in [0.4, 0.5) is 29.1 Å². The Morgan fingerprint density at radius 1 is 1.02 bits per heavy atom. The van der Waals surface area contributed by atoms with Gasteiger partial charge >= 0.3 is 14.1 Å². The third-order valence-electron chi connectivity index (χ3n) is 6.52. The molecule has 5 rings (SSSR count). The molecule has 0 saturated carbocycles. The Hall–Kier alpha value is -2.56. The number of alkyl halides is 3. The van der Waals surface area contributed by atoms with Gasteiger partial charge in [0.25, 0.3) is 5.78 Å². The maximum Gasteiger partial charge on any atom is 0.324 e. The minimum Gasteiger partial charge on any atom is -0.356 e. The van der Waals surface area contributed by atoms with Crippen LogP contribution in [0, 0.1) is 23.4 Å². The Kier molecular flexibility index (Phi) is 10.8. The van der Waals surface area contributed by atoms with E-state index in [0.29, 0.717) is 37.0 Å². The molecule has 44 heavy (non-hydrogen) atoms. The van der Waals surface area contributed by atoms with Gasteiger partial charge in [-0.15, -0.1) is 0 Å². The molecule has 1 aliphatic rings. The summed E-state index contributed by atoms with van der Waals surface area (Å²) in [5.41, 5.74) is -0.122. The summed E-state index contributed by atoms with van der Waals surface area (Å²) in [6.45, 7) is 3.50. The van der Waals surface area contributed by atoms with E-state index in [1.165, 1.54) is 37.1 Å². The molecule has 2 aromatic heterocycles. The van der Waals surface area contributed by atoms with Gasteiger partial charge in [0.2, 0.25) is 0 Å². The first kappa shape index (κ1) is 34.3. The van der Waals surface area contributed by atoms with Gasteiger partial charge < -0.3 is 4.90 Å². The van der Waals surface area contributed by atoms with E-state index in [9.17, 15) is 26.0 Å². The van der Waals surface area contributed by atoms with Crippen molar-refractivity contribution in [2.45, 2.75) is 23.7 Å². The molecule has 0 spiro atoms. The molecular formula is C26H26Cl3F4N7O2S2. The van der Waals surface area contributed by atoms with Crippen molar-refractivity contribution in [3.63, 3.8) is 0 Å². The first-order valence-electron chi connectivity index (χ1n) is 12.9. The van der Waals surface area contributed by atoms with Crippen LogP contribution in [0.25, 0.3) is 16.9 Å². The molecule has 2 aromatic carbocycles. The molecular weight excluding hydrogens is 689 g/mol. The average Bonchev–Trinajstić information content (AvgIpc) is 3.40. The van der Waals surface area contributed by atoms with Gasteiger partial charge in [0.1, 0.15) is 34.7 Å². The Morgan fingerprint density at radius 2 is 1.61 bits per heavy atom. The van der Waals surface area contributed by atoms with Crippen LogP contribution in [0.2, 0.25) is 5.15 Å². The van der Waals surface area contributed by atoms with Crippen LogP contribution in [-0.4, -0.2) is 63.4 Å². The highest BCUT2D eigenvalue weighted by molar-refractivity contribution is 8.15. The number of aromatic nitrogens is 4. The van der Waals surface area contributed by atoms with Crippen LogP contribution in [0.3, 0.4) is 0 Å². The van der Waals surface area contributed by atoms with Crippen molar-refractivity contribution in [2.75, 3.05) is 35.8 Å². The summed E-state index contributed by atoms with van der Waals surface area (Å²) in [5.74, 6) is -1.89. The first-order chi connectivity index (χ1) is 20.6. The van der Waals surface area contributed by atoms with Crippen molar-refractivity contribution in [1.82, 2.24) is 23.9 Å². The molecule has 0 aliphatic carbocycles. The minimum atomic E-state index is -3.90. The van der Waals surface area contributed by atoms with Gasteiger partial charge in [-0.2, -0.15) is 40.4 Å². The van der Waals surface area contributed by atoms with Crippen molar-refractivity contribution in [2.24, 2.45) is 5.92 Å². The standard InChI is InChI=1S/C17H15ClF3N5.C9H11Cl2FN2O2S2/c1-9-2-4-25(5-3-9)16-14(13-11(20)6-10(19)7-12(13)21)15(18)24-17-22-8-23-26(16)17;1-13(2)18(15,16)14(17-9(10,11)12)8-6-4-3-5-7-8/h6-9H,2-5H2,1H3;3-7H,1-2H3. The van der Waals surface area contributed by atoms with Crippen LogP contribution in [0.1, 0.15) is 19.8 Å². The highest BCUT2D eigenvalue weighted by atomic mass is 35.5. The summed E-state index contributed by atoms with van der Waals surface area (Å²) in [6.07, 6.45) is 3.14. The van der Waals surface area contributed by atoms with E-state index in [1.807, 2.05) is 4.90 Å². The summed E-state index contributed by atoms with van der Waals surface area (Å²) >= 11 is 16.9. The molecule has 1 aliphatic heterocycles. The normalized spacial score (nSPS) is 14.6. The molecule has 1 saturated heterocycles. The van der Waals surface area contributed by atoms with E-state index >= 15 is 0 Å². The van der Waals surface area contributed by atoms with E-state index in [2.05, 4.69) is 22.0 Å². The molecule has 1 fully saturated rings. The number of piperidine rings is 1. The fourth-order valence-corrected chi connectivity index (χ4v) is 7.44. The maximum atomic E-state index is 14.5. The maximum absolute atomic E-state index is 14.5. The number of hydrogen-bond donors (Lipinski definition) is 0. The second kappa shape index (κ2) is 13.8. The number of para-hydroxylation sites is 1. The topological polar surface area (TPSA) is 86.9 Å². The summed E-state index contributed by atoms with van der Waals surface area (Å²) in [6, 6.07) is 9.22. The zero-order valence-electron chi connectivity index (χ0n) is 23.4. The lowest BCUT2D eigenvalue weighted by atomic mass is 9.98. The number of anilines is 2. The van der Waals surface area contributed by atoms with E-state index < -0.39 is 37.1 Å². The summed E-state index contributed by atoms with van der Waals surface area (Å²) < 4.78 is 80.1. The molecule has 18 heteroatoms. The van der Waals surface area contributed by atoms with Crippen molar-refractivity contribution < 1.29 is 26.0 Å². The molecule has 3 heterocycles. The molecule has 9 nitrogen and oxygen atoms in total. The van der Waals surface area contributed by atoms with E-state index in [0.717, 1.165) is 20.9 Å². The van der Waals surface area contributed by atoms with Crippen molar-refractivity contribution in [3.05, 3.63) is 71.4 Å². The van der Waals surface area contributed by atoms with Crippen LogP contribution in [0.15, 0.2) is 48.8 Å². The summed E-state index contributed by atoms with van der Waals surface area (Å²) in [7, 11) is -1.25. The van der Waals surface area contributed by atoms with Crippen LogP contribution >= 0.6 is 46.8 Å². The Balaban J connectivity index is 0.000000217. The molecule has 0 radical (unpaired) electrons. The van der Waals surface area contributed by atoms with Crippen LogP contribution in [-0.2, 0) is 10.2 Å². The lowest BCUT2D eigenvalue weighted by Crippen LogP contribution is -2.37. The molecule has 0 atom stereocenters. The fourth-order valence-electron chi connectivity index (χ4n) is 4.34. The third-order valence-corrected chi connectivity index (χ3v) is 10.1. The smallest absolute Gasteiger partial charge is 0.324 e. The molecule has 0 unspecified atom stereocenters. The summed E-state index contributed by atoms with van der Waals surface area (Å²) in [4.78, 5) is 10.1. The second-order valence-electron chi connectivity index (χ2n) is 9.88. The number of nitrogens with zero attached hydrogens (tertiary/aromatic N) is 7. The van der Waals surface area contributed by atoms with E-state index in [4.69, 9.17) is 34.8 Å². The predicted octanol–water partition coefficient (Wildman–Crippen LogP) is 7.10. The minimum absolute atomic E-state index is 0.0502. The molecule has 0 bridgehead atoms. The second-order valence-corrected chi connectivity index (χ2v) is 15.3. The molecule has 4 aromatic rings. The fraction of sp³-hybridized carbons (Fsp3) is 0.346. The quantitative estimate of drug-likeness (QED) is 0.0874. The lowest BCUT2D eigenvalue weighted by Gasteiger charge is -2.33. The molecule has 238 valence electrons. The first-order valence-corrected chi connectivity index (χ1v) is 16.2. The van der Waals surface area contributed by atoms with Crippen molar-refractivity contribution in [1.29, 1.82) is 0 Å². The van der Waals surface area contributed by atoms with Gasteiger partial charge in [-0.05, 0) is 30.9 Å². The van der Waals surface area contributed by atoms with Gasteiger partial charge in [0, 0.05) is 51.3 Å². The zero-order chi connectivity index (χ0) is 32.4. The largest absolute Gasteiger partial charge is 0.356 e. The average molecular weight is 715 g/mol. The Labute approximate surface area is 271 Å². The van der Waals surface area contributed by atoms with Gasteiger partial charge in [0.15, 0.2) is 0 Å². The van der Waals surface area contributed by atoms with Gasteiger partial charge in [-0.3, -0.25) is 0 Å². The zero-order valence-corrected chi connectivity index (χ0v) is 27.3. The van der Waals surface area contributed by atoms with Crippen molar-refractivity contribution >= 4 is 74.2 Å². The van der Waals surface area contributed by atoms with E-state index in [1.54, 1.807) is 18.2 Å². The lowest BCUT2D eigenvalue weighted by molar-refractivity contribution is 0.435. The summed E-state index contributed by atoms with van der Waals surface area (Å²) in [5, 5.41) is 4.03. The number of halogens is 7. The molecule has 0 amide bonds. The SMILES string of the molecule is CC1CCN(c2c(-c3c(F)cc(F)cc3F)c(Cl)nc3ncnn23)CC1.CN(C)S(=O)(=O)N(SC(F)(Cl)Cl)c1ccccc1. The number of rotatable bonds is 7.